The third-order valence-electron chi connectivity index (χ3n) is 8.49. The average Bonchev–Trinajstić information content (AvgIpc) is 3.01. The molecule has 6 rings (SSSR count). The summed E-state index contributed by atoms with van der Waals surface area (Å²) in [6.07, 6.45) is 0.494. The number of nitriles is 1. The number of hydrogen-bond acceptors (Lipinski definition) is 10. The maximum atomic E-state index is 14.8. The van der Waals surface area contributed by atoms with Crippen molar-refractivity contribution >= 4 is 23.2 Å². The summed E-state index contributed by atoms with van der Waals surface area (Å²) in [5, 5.41) is 22.5. The number of carbonyl (C=O) groups excluding carboxylic acids is 1. The van der Waals surface area contributed by atoms with Crippen LogP contribution in [0.2, 0.25) is 0 Å². The lowest BCUT2D eigenvalue weighted by Crippen LogP contribution is -2.51. The second kappa shape index (κ2) is 12.1. The van der Waals surface area contributed by atoms with E-state index in [0.717, 1.165) is 44.8 Å². The second-order valence-electron chi connectivity index (χ2n) is 11.5. The van der Waals surface area contributed by atoms with E-state index < -0.39 is 24.3 Å². The minimum absolute atomic E-state index is 0.174. The van der Waals surface area contributed by atoms with Crippen LogP contribution in [-0.2, 0) is 9.53 Å². The zero-order chi connectivity index (χ0) is 30.0. The predicted octanol–water partition coefficient (Wildman–Crippen LogP) is 3.47. The molecule has 43 heavy (non-hydrogen) atoms. The Morgan fingerprint density at radius 1 is 1.19 bits per heavy atom. The molecule has 0 saturated carbocycles. The van der Waals surface area contributed by atoms with Crippen LogP contribution in [0.5, 0.6) is 5.75 Å². The first-order valence-corrected chi connectivity index (χ1v) is 14.5. The van der Waals surface area contributed by atoms with Crippen molar-refractivity contribution in [2.45, 2.75) is 44.6 Å². The van der Waals surface area contributed by atoms with Crippen LogP contribution in [0.4, 0.5) is 21.7 Å². The Labute approximate surface area is 249 Å². The number of benzene rings is 2. The Bertz CT molecular complexity index is 1500. The van der Waals surface area contributed by atoms with Gasteiger partial charge in [0.2, 0.25) is 5.95 Å². The van der Waals surface area contributed by atoms with Gasteiger partial charge in [0.25, 0.3) is 5.91 Å². The first kappa shape index (κ1) is 28.8. The van der Waals surface area contributed by atoms with E-state index in [1.807, 2.05) is 12.1 Å². The summed E-state index contributed by atoms with van der Waals surface area (Å²) in [4.78, 5) is 28.8. The number of carbonyl (C=O) groups is 1. The molecule has 12 heteroatoms. The molecule has 0 unspecified atom stereocenters. The summed E-state index contributed by atoms with van der Waals surface area (Å²) in [7, 11) is 0. The fraction of sp³-hybridized carbons (Fsp3) is 0.452. The maximum Gasteiger partial charge on any atom is 0.251 e. The van der Waals surface area contributed by atoms with Gasteiger partial charge in [0.1, 0.15) is 30.4 Å². The largest absolute Gasteiger partial charge is 0.486 e. The van der Waals surface area contributed by atoms with Crippen LogP contribution >= 0.6 is 0 Å². The number of piperidine rings is 2. The number of aromatic nitrogens is 3. The first-order chi connectivity index (χ1) is 20.8. The smallest absolute Gasteiger partial charge is 0.251 e. The van der Waals surface area contributed by atoms with Gasteiger partial charge in [-0.3, -0.25) is 4.79 Å². The van der Waals surface area contributed by atoms with Crippen LogP contribution in [0.15, 0.2) is 48.8 Å². The number of nitrogens with one attached hydrogen (secondary N) is 1. The molecule has 1 amide bonds. The molecule has 224 valence electrons. The molecule has 0 aliphatic carbocycles. The molecule has 3 aliphatic heterocycles. The van der Waals surface area contributed by atoms with Gasteiger partial charge in [-0.2, -0.15) is 10.2 Å². The topological polar surface area (TPSA) is 137 Å². The minimum atomic E-state index is -1.46. The molecule has 0 bridgehead atoms. The van der Waals surface area contributed by atoms with Crippen LogP contribution in [-0.4, -0.2) is 88.6 Å². The molecule has 0 radical (unpaired) electrons. The van der Waals surface area contributed by atoms with Crippen molar-refractivity contribution in [3.63, 3.8) is 0 Å². The molecular weight excluding hydrogens is 553 g/mol. The number of halogens is 1. The van der Waals surface area contributed by atoms with Gasteiger partial charge in [-0.25, -0.2) is 14.4 Å². The number of aliphatic hydroxyl groups excluding tert-OH is 1. The third-order valence-corrected chi connectivity index (χ3v) is 8.49. The van der Waals surface area contributed by atoms with Crippen molar-refractivity contribution in [3.05, 3.63) is 54.4 Å². The number of hydrogen-bond donors (Lipinski definition) is 2. The van der Waals surface area contributed by atoms with Crippen molar-refractivity contribution in [2.75, 3.05) is 49.6 Å². The molecule has 3 atom stereocenters. The summed E-state index contributed by atoms with van der Waals surface area (Å²) >= 11 is 0. The molecule has 3 aromatic rings. The van der Waals surface area contributed by atoms with Crippen LogP contribution in [0.1, 0.15) is 31.7 Å². The number of anilines is 3. The standard InChI is InChI=1S/C31H34FN7O4/c1-20(40)29(41)39-11-8-27(25(32)16-39)43-26-7-2-21(14-22(26)15-33)28-34-19-35-30(37-28)36-23-3-5-24(6-4-23)38-12-9-31(10-13-38)17-42-18-31/h2-7,14,19-20,25,27,40H,8-13,16-18H2,1H3,(H,34,35,36,37)/t20-,25-,27-/m0/s1. The monoisotopic (exact) mass is 587 g/mol. The third kappa shape index (κ3) is 6.23. The predicted molar refractivity (Wildman–Crippen MR) is 157 cm³/mol. The summed E-state index contributed by atoms with van der Waals surface area (Å²) in [5.41, 5.74) is 3.21. The average molecular weight is 588 g/mol. The highest BCUT2D eigenvalue weighted by Gasteiger charge is 2.41. The Morgan fingerprint density at radius 3 is 2.60 bits per heavy atom. The molecule has 1 aromatic heterocycles. The number of nitrogens with zero attached hydrogens (tertiary/aromatic N) is 6. The first-order valence-electron chi connectivity index (χ1n) is 14.5. The van der Waals surface area contributed by atoms with E-state index in [4.69, 9.17) is 9.47 Å². The van der Waals surface area contributed by atoms with Crippen LogP contribution in [0.3, 0.4) is 0 Å². The van der Waals surface area contributed by atoms with Gasteiger partial charge in [0.05, 0.1) is 25.3 Å². The van der Waals surface area contributed by atoms with Crippen LogP contribution in [0.25, 0.3) is 11.4 Å². The van der Waals surface area contributed by atoms with Crippen molar-refractivity contribution < 1.29 is 23.8 Å². The van der Waals surface area contributed by atoms with E-state index in [0.29, 0.717) is 22.8 Å². The van der Waals surface area contributed by atoms with Gasteiger partial charge >= 0.3 is 0 Å². The van der Waals surface area contributed by atoms with Gasteiger partial charge in [0.15, 0.2) is 12.0 Å². The van der Waals surface area contributed by atoms with E-state index >= 15 is 0 Å². The number of likely N-dealkylation sites (tertiary alicyclic amines) is 1. The van der Waals surface area contributed by atoms with Crippen LogP contribution in [0, 0.1) is 16.7 Å². The van der Waals surface area contributed by atoms with Gasteiger partial charge in [-0.05, 0) is 62.2 Å². The van der Waals surface area contributed by atoms with E-state index in [1.165, 1.54) is 23.8 Å². The van der Waals surface area contributed by atoms with Crippen molar-refractivity contribution in [3.8, 4) is 23.2 Å². The van der Waals surface area contributed by atoms with E-state index in [1.54, 1.807) is 18.2 Å². The number of amides is 1. The quantitative estimate of drug-likeness (QED) is 0.423. The molecule has 1 spiro atoms. The number of rotatable bonds is 7. The Morgan fingerprint density at radius 2 is 1.95 bits per heavy atom. The highest BCUT2D eigenvalue weighted by molar-refractivity contribution is 5.80. The number of alkyl halides is 1. The molecule has 3 fully saturated rings. The molecular formula is C31H34FN7O4. The number of aliphatic hydroxyl groups is 1. The highest BCUT2D eigenvalue weighted by Crippen LogP contribution is 2.39. The molecule has 3 saturated heterocycles. The summed E-state index contributed by atoms with van der Waals surface area (Å²) < 4.78 is 26.2. The minimum Gasteiger partial charge on any atom is -0.486 e. The van der Waals surface area contributed by atoms with E-state index in [2.05, 4.69) is 43.4 Å². The zero-order valence-corrected chi connectivity index (χ0v) is 23.9. The van der Waals surface area contributed by atoms with Gasteiger partial charge in [-0.1, -0.05) is 0 Å². The Balaban J connectivity index is 1.09. The fourth-order valence-corrected chi connectivity index (χ4v) is 5.80. The van der Waals surface area contributed by atoms with Crippen molar-refractivity contribution in [2.24, 2.45) is 5.41 Å². The lowest BCUT2D eigenvalue weighted by molar-refractivity contribution is -0.143. The maximum absolute atomic E-state index is 14.8. The lowest BCUT2D eigenvalue weighted by Gasteiger charge is -2.47. The van der Waals surface area contributed by atoms with Crippen molar-refractivity contribution in [1.82, 2.24) is 19.9 Å². The molecule has 4 heterocycles. The second-order valence-corrected chi connectivity index (χ2v) is 11.5. The van der Waals surface area contributed by atoms with Crippen LogP contribution < -0.4 is 15.0 Å². The highest BCUT2D eigenvalue weighted by atomic mass is 19.1. The van der Waals surface area contributed by atoms with Gasteiger partial charge < -0.3 is 29.7 Å². The SMILES string of the molecule is C[C@H](O)C(=O)N1CC[C@H](Oc2ccc(-c3ncnc(Nc4ccc(N5CCC6(CC5)COC6)cc4)n3)cc2C#N)[C@@H](F)C1. The molecule has 2 N–H and O–H groups in total. The molecule has 2 aromatic carbocycles. The van der Waals surface area contributed by atoms with Gasteiger partial charge in [-0.15, -0.1) is 0 Å². The van der Waals surface area contributed by atoms with E-state index in [9.17, 15) is 19.6 Å². The molecule has 11 nitrogen and oxygen atoms in total. The Hall–Kier alpha value is -4.34. The summed E-state index contributed by atoms with van der Waals surface area (Å²) in [6, 6.07) is 15.2. The Kier molecular flexibility index (Phi) is 8.10. The normalized spacial score (nSPS) is 21.9. The summed E-state index contributed by atoms with van der Waals surface area (Å²) in [5.74, 6) is 0.459. The number of ether oxygens (including phenoxy) is 2. The van der Waals surface area contributed by atoms with Gasteiger partial charge in [0, 0.05) is 48.4 Å². The molecule has 3 aliphatic rings. The summed E-state index contributed by atoms with van der Waals surface area (Å²) in [6.45, 7) is 5.28. The lowest BCUT2D eigenvalue weighted by atomic mass is 9.77. The van der Waals surface area contributed by atoms with E-state index in [-0.39, 0.29) is 30.8 Å². The fourth-order valence-electron chi connectivity index (χ4n) is 5.80. The van der Waals surface area contributed by atoms with Crippen molar-refractivity contribution in [1.29, 1.82) is 5.26 Å². The zero-order valence-electron chi connectivity index (χ0n) is 23.9.